The topological polar surface area (TPSA) is 60.9 Å². The molecule has 0 aromatic carbocycles. The van der Waals surface area contributed by atoms with Crippen LogP contribution in [-0.4, -0.2) is 53.1 Å². The lowest BCUT2D eigenvalue weighted by Crippen LogP contribution is -2.48. The number of carboxylic acids is 1. The molecule has 0 aromatic rings. The van der Waals surface area contributed by atoms with E-state index >= 15 is 0 Å². The van der Waals surface area contributed by atoms with Gasteiger partial charge in [0.05, 0.1) is 5.41 Å². The molecule has 1 heterocycles. The van der Waals surface area contributed by atoms with Crippen LogP contribution in [0, 0.1) is 11.3 Å². The van der Waals surface area contributed by atoms with Crippen LogP contribution in [0.5, 0.6) is 0 Å². The maximum atomic E-state index is 12.4. The molecule has 2 aliphatic rings. The van der Waals surface area contributed by atoms with Gasteiger partial charge in [-0.2, -0.15) is 0 Å². The molecular weight excluding hydrogens is 268 g/mol. The second-order valence-electron chi connectivity index (χ2n) is 5.99. The van der Waals surface area contributed by atoms with Gasteiger partial charge in [0, 0.05) is 26.2 Å². The minimum Gasteiger partial charge on any atom is -0.481 e. The number of urea groups is 1. The van der Waals surface area contributed by atoms with Crippen LogP contribution in [0.1, 0.15) is 25.7 Å². The molecule has 1 saturated carbocycles. The molecule has 1 aliphatic carbocycles. The molecule has 0 spiro atoms. The SMILES string of the molecule is C=CCN(CC=C)C(=O)N1CCC(C2(C(=O)O)CC2)CC1. The zero-order valence-electron chi connectivity index (χ0n) is 12.5. The summed E-state index contributed by atoms with van der Waals surface area (Å²) in [6.45, 7) is 9.63. The third-order valence-corrected chi connectivity index (χ3v) is 4.73. The number of aliphatic carboxylic acids is 1. The number of hydrogen-bond donors (Lipinski definition) is 1. The largest absolute Gasteiger partial charge is 0.481 e. The van der Waals surface area contributed by atoms with E-state index in [0.29, 0.717) is 26.2 Å². The Balaban J connectivity index is 1.91. The van der Waals surface area contributed by atoms with Gasteiger partial charge in [0.2, 0.25) is 0 Å². The van der Waals surface area contributed by atoms with E-state index < -0.39 is 11.4 Å². The zero-order valence-corrected chi connectivity index (χ0v) is 12.5. The highest BCUT2D eigenvalue weighted by Crippen LogP contribution is 2.55. The molecule has 1 aliphatic heterocycles. The Kier molecular flexibility index (Phi) is 4.70. The molecule has 21 heavy (non-hydrogen) atoms. The Hall–Kier alpha value is -1.78. The summed E-state index contributed by atoms with van der Waals surface area (Å²) < 4.78 is 0. The average molecular weight is 292 g/mol. The van der Waals surface area contributed by atoms with Gasteiger partial charge in [-0.3, -0.25) is 4.79 Å². The minimum atomic E-state index is -0.660. The first-order chi connectivity index (χ1) is 10.0. The molecule has 5 heteroatoms. The first-order valence-electron chi connectivity index (χ1n) is 7.54. The van der Waals surface area contributed by atoms with Crippen molar-refractivity contribution in [2.75, 3.05) is 26.2 Å². The van der Waals surface area contributed by atoms with Crippen LogP contribution in [0.4, 0.5) is 4.79 Å². The molecule has 0 unspecified atom stereocenters. The predicted molar refractivity (Wildman–Crippen MR) is 81.0 cm³/mol. The molecule has 2 rings (SSSR count). The maximum Gasteiger partial charge on any atom is 0.320 e. The summed E-state index contributed by atoms with van der Waals surface area (Å²) in [5, 5.41) is 9.35. The highest BCUT2D eigenvalue weighted by molar-refractivity contribution is 5.78. The van der Waals surface area contributed by atoms with Gasteiger partial charge in [-0.25, -0.2) is 4.79 Å². The number of rotatable bonds is 6. The smallest absolute Gasteiger partial charge is 0.320 e. The molecule has 0 bridgehead atoms. The van der Waals surface area contributed by atoms with Crippen LogP contribution in [0.3, 0.4) is 0 Å². The van der Waals surface area contributed by atoms with Crippen molar-refractivity contribution in [2.45, 2.75) is 25.7 Å². The summed E-state index contributed by atoms with van der Waals surface area (Å²) in [7, 11) is 0. The van der Waals surface area contributed by atoms with Crippen molar-refractivity contribution in [3.05, 3.63) is 25.3 Å². The number of piperidine rings is 1. The monoisotopic (exact) mass is 292 g/mol. The van der Waals surface area contributed by atoms with E-state index in [1.54, 1.807) is 17.1 Å². The van der Waals surface area contributed by atoms with E-state index in [0.717, 1.165) is 25.7 Å². The van der Waals surface area contributed by atoms with E-state index in [1.165, 1.54) is 0 Å². The fourth-order valence-corrected chi connectivity index (χ4v) is 3.30. The number of amides is 2. The summed E-state index contributed by atoms with van der Waals surface area (Å²) in [5.41, 5.74) is -0.489. The van der Waals surface area contributed by atoms with E-state index in [4.69, 9.17) is 0 Å². The maximum absolute atomic E-state index is 12.4. The molecular formula is C16H24N2O3. The first-order valence-corrected chi connectivity index (χ1v) is 7.54. The number of carbonyl (C=O) groups excluding carboxylic acids is 1. The van der Waals surface area contributed by atoms with Crippen LogP contribution in [0.25, 0.3) is 0 Å². The van der Waals surface area contributed by atoms with Crippen molar-refractivity contribution in [3.63, 3.8) is 0 Å². The Morgan fingerprint density at radius 1 is 1.19 bits per heavy atom. The number of hydrogen-bond acceptors (Lipinski definition) is 2. The average Bonchev–Trinajstić information content (AvgIpc) is 3.28. The molecule has 2 fully saturated rings. The van der Waals surface area contributed by atoms with E-state index in [-0.39, 0.29) is 11.9 Å². The first kappa shape index (κ1) is 15.6. The van der Waals surface area contributed by atoms with Gasteiger partial charge in [-0.15, -0.1) is 13.2 Å². The number of carbonyl (C=O) groups is 2. The van der Waals surface area contributed by atoms with Gasteiger partial charge in [-0.1, -0.05) is 12.2 Å². The van der Waals surface area contributed by atoms with Crippen LogP contribution >= 0.6 is 0 Å². The molecule has 0 radical (unpaired) electrons. The van der Waals surface area contributed by atoms with Gasteiger partial charge in [0.15, 0.2) is 0 Å². The van der Waals surface area contributed by atoms with Crippen molar-refractivity contribution in [1.82, 2.24) is 9.80 Å². The highest BCUT2D eigenvalue weighted by Gasteiger charge is 2.56. The summed E-state index contributed by atoms with van der Waals surface area (Å²) in [4.78, 5) is 27.3. The lowest BCUT2D eigenvalue weighted by Gasteiger charge is -2.37. The van der Waals surface area contributed by atoms with Crippen molar-refractivity contribution in [2.24, 2.45) is 11.3 Å². The molecule has 1 saturated heterocycles. The molecule has 0 aromatic heterocycles. The van der Waals surface area contributed by atoms with E-state index in [9.17, 15) is 14.7 Å². The standard InChI is InChI=1S/C16H24N2O3/c1-3-9-17(10-4-2)15(21)18-11-5-13(6-12-18)16(7-8-16)14(19)20/h3-4,13H,1-2,5-12H2,(H,19,20). The summed E-state index contributed by atoms with van der Waals surface area (Å²) >= 11 is 0. The van der Waals surface area contributed by atoms with Gasteiger partial charge >= 0.3 is 12.0 Å². The minimum absolute atomic E-state index is 0.00609. The molecule has 5 nitrogen and oxygen atoms in total. The fraction of sp³-hybridized carbons (Fsp3) is 0.625. The molecule has 1 N–H and O–H groups in total. The summed E-state index contributed by atoms with van der Waals surface area (Å²) in [6, 6.07) is -0.00609. The second kappa shape index (κ2) is 6.33. The third kappa shape index (κ3) is 3.12. The van der Waals surface area contributed by atoms with Gasteiger partial charge in [0.25, 0.3) is 0 Å². The highest BCUT2D eigenvalue weighted by atomic mass is 16.4. The van der Waals surface area contributed by atoms with Crippen LogP contribution in [0.15, 0.2) is 25.3 Å². The van der Waals surface area contributed by atoms with Gasteiger partial charge in [-0.05, 0) is 31.6 Å². The molecule has 116 valence electrons. The number of nitrogens with zero attached hydrogens (tertiary/aromatic N) is 2. The van der Waals surface area contributed by atoms with Crippen molar-refractivity contribution in [3.8, 4) is 0 Å². The lowest BCUT2D eigenvalue weighted by molar-refractivity contribution is -0.146. The Morgan fingerprint density at radius 3 is 2.10 bits per heavy atom. The summed E-state index contributed by atoms with van der Waals surface area (Å²) in [6.07, 6.45) is 6.57. The fourth-order valence-electron chi connectivity index (χ4n) is 3.30. The van der Waals surface area contributed by atoms with E-state index in [2.05, 4.69) is 13.2 Å². The zero-order chi connectivity index (χ0) is 15.5. The summed E-state index contributed by atoms with van der Waals surface area (Å²) in [5.74, 6) is -0.446. The van der Waals surface area contributed by atoms with Gasteiger partial charge in [0.1, 0.15) is 0 Å². The Morgan fingerprint density at radius 2 is 1.71 bits per heavy atom. The van der Waals surface area contributed by atoms with Crippen molar-refractivity contribution in [1.29, 1.82) is 0 Å². The van der Waals surface area contributed by atoms with Crippen molar-refractivity contribution < 1.29 is 14.7 Å². The predicted octanol–water partition coefficient (Wildman–Crippen LogP) is 2.36. The molecule has 2 amide bonds. The number of likely N-dealkylation sites (tertiary alicyclic amines) is 1. The second-order valence-corrected chi connectivity index (χ2v) is 5.99. The van der Waals surface area contributed by atoms with Crippen LogP contribution in [-0.2, 0) is 4.79 Å². The Labute approximate surface area is 125 Å². The molecule has 0 atom stereocenters. The Bertz CT molecular complexity index is 425. The van der Waals surface area contributed by atoms with Gasteiger partial charge < -0.3 is 14.9 Å². The van der Waals surface area contributed by atoms with Crippen LogP contribution in [0.2, 0.25) is 0 Å². The normalized spacial score (nSPS) is 20.7. The number of carboxylic acid groups (broad SMARTS) is 1. The quantitative estimate of drug-likeness (QED) is 0.764. The van der Waals surface area contributed by atoms with Crippen LogP contribution < -0.4 is 0 Å². The van der Waals surface area contributed by atoms with Crippen molar-refractivity contribution >= 4 is 12.0 Å². The van der Waals surface area contributed by atoms with E-state index in [1.807, 2.05) is 4.90 Å². The lowest BCUT2D eigenvalue weighted by atomic mass is 9.81. The third-order valence-electron chi connectivity index (χ3n) is 4.73.